The van der Waals surface area contributed by atoms with Crippen LogP contribution in [0.4, 0.5) is 0 Å². The topological polar surface area (TPSA) is 27.0 Å². The quantitative estimate of drug-likeness (QED) is 0.734. The molecule has 22 heavy (non-hydrogen) atoms. The maximum atomic E-state index is 9.89. The van der Waals surface area contributed by atoms with Crippen molar-refractivity contribution >= 4 is 0 Å². The molecule has 0 aliphatic carbocycles. The Hall–Kier alpha value is -1.33. The smallest absolute Gasteiger partial charge is 0.104 e. The van der Waals surface area contributed by atoms with E-state index in [0.29, 0.717) is 0 Å². The summed E-state index contributed by atoms with van der Waals surface area (Å²) in [6.07, 6.45) is 4.14. The molecule has 2 rings (SSSR count). The number of hydrogen-bond acceptors (Lipinski definition) is 2. The van der Waals surface area contributed by atoms with Crippen LogP contribution in [0.1, 0.15) is 78.4 Å². The second-order valence-corrected chi connectivity index (χ2v) is 7.03. The lowest BCUT2D eigenvalue weighted by atomic mass is 9.82. The minimum atomic E-state index is -0.489. The third-order valence-corrected chi connectivity index (χ3v) is 5.96. The number of rotatable bonds is 5. The van der Waals surface area contributed by atoms with E-state index in [1.807, 2.05) is 0 Å². The van der Waals surface area contributed by atoms with Crippen molar-refractivity contribution in [2.24, 2.45) is 0 Å². The van der Waals surface area contributed by atoms with Crippen molar-refractivity contribution in [2.75, 3.05) is 0 Å². The van der Waals surface area contributed by atoms with Crippen molar-refractivity contribution < 1.29 is 0 Å². The molecule has 0 N–H and O–H groups in total. The predicted molar refractivity (Wildman–Crippen MR) is 92.5 cm³/mol. The molecule has 0 radical (unpaired) electrons. The highest BCUT2D eigenvalue weighted by molar-refractivity contribution is 5.46. The molecule has 0 saturated carbocycles. The molecular formula is C20H30N2. The summed E-state index contributed by atoms with van der Waals surface area (Å²) < 4.78 is 0. The van der Waals surface area contributed by atoms with Gasteiger partial charge in [-0.3, -0.25) is 4.90 Å². The molecule has 0 aromatic heterocycles. The fourth-order valence-corrected chi connectivity index (χ4v) is 4.96. The minimum absolute atomic E-state index is 0.0398. The van der Waals surface area contributed by atoms with E-state index in [-0.39, 0.29) is 11.1 Å². The van der Waals surface area contributed by atoms with Crippen LogP contribution in [0.25, 0.3) is 0 Å². The molecule has 0 fully saturated rings. The van der Waals surface area contributed by atoms with Gasteiger partial charge in [0.15, 0.2) is 0 Å². The van der Waals surface area contributed by atoms with E-state index in [1.54, 1.807) is 0 Å². The maximum Gasteiger partial charge on any atom is 0.104 e. The first-order chi connectivity index (χ1) is 10.4. The summed E-state index contributed by atoms with van der Waals surface area (Å²) in [5.74, 6) is 0. The molecule has 0 atom stereocenters. The maximum absolute atomic E-state index is 9.89. The zero-order chi connectivity index (χ0) is 16.6. The van der Waals surface area contributed by atoms with Crippen LogP contribution in [-0.2, 0) is 11.1 Å². The summed E-state index contributed by atoms with van der Waals surface area (Å²) in [6, 6.07) is 11.5. The Kier molecular flexibility index (Phi) is 4.42. The zero-order valence-corrected chi connectivity index (χ0v) is 15.0. The van der Waals surface area contributed by atoms with Crippen LogP contribution in [0.15, 0.2) is 24.3 Å². The molecule has 1 aliphatic rings. The highest BCUT2D eigenvalue weighted by atomic mass is 15.3. The fourth-order valence-electron chi connectivity index (χ4n) is 4.96. The number of benzene rings is 1. The molecule has 1 heterocycles. The van der Waals surface area contributed by atoms with Crippen molar-refractivity contribution in [2.45, 2.75) is 83.8 Å². The molecule has 1 aromatic carbocycles. The molecule has 0 spiro atoms. The Balaban J connectivity index is 2.87. The first kappa shape index (κ1) is 17.0. The predicted octanol–water partition coefficient (Wildman–Crippen LogP) is 5.33. The summed E-state index contributed by atoms with van der Waals surface area (Å²) in [4.78, 5) is 2.55. The van der Waals surface area contributed by atoms with Crippen molar-refractivity contribution in [1.29, 1.82) is 5.26 Å². The van der Waals surface area contributed by atoms with E-state index < -0.39 is 5.54 Å². The Morgan fingerprint density at radius 2 is 1.27 bits per heavy atom. The highest BCUT2D eigenvalue weighted by Crippen LogP contribution is 2.58. The second kappa shape index (κ2) is 5.70. The number of hydrogen-bond donors (Lipinski definition) is 0. The van der Waals surface area contributed by atoms with Crippen LogP contribution in [0.2, 0.25) is 0 Å². The summed E-state index contributed by atoms with van der Waals surface area (Å²) in [6.45, 7) is 13.2. The normalized spacial score (nSPS) is 19.7. The average molecular weight is 298 g/mol. The number of nitrogens with zero attached hydrogens (tertiary/aromatic N) is 2. The van der Waals surface area contributed by atoms with E-state index >= 15 is 0 Å². The molecule has 1 aliphatic heterocycles. The van der Waals surface area contributed by atoms with Gasteiger partial charge in [0, 0.05) is 11.1 Å². The molecule has 2 nitrogen and oxygen atoms in total. The Labute approximate surface area is 136 Å². The summed E-state index contributed by atoms with van der Waals surface area (Å²) in [5, 5.41) is 9.89. The monoisotopic (exact) mass is 298 g/mol. The van der Waals surface area contributed by atoms with E-state index in [9.17, 15) is 5.26 Å². The van der Waals surface area contributed by atoms with Gasteiger partial charge in [0.2, 0.25) is 0 Å². The molecule has 2 heteroatoms. The first-order valence-electron chi connectivity index (χ1n) is 8.71. The molecule has 120 valence electrons. The lowest BCUT2D eigenvalue weighted by molar-refractivity contribution is -0.0685. The largest absolute Gasteiger partial charge is 0.266 e. The van der Waals surface area contributed by atoms with Crippen LogP contribution in [0, 0.1) is 11.3 Å². The van der Waals surface area contributed by atoms with Gasteiger partial charge >= 0.3 is 0 Å². The summed E-state index contributed by atoms with van der Waals surface area (Å²) >= 11 is 0. The summed E-state index contributed by atoms with van der Waals surface area (Å²) in [5.41, 5.74) is 2.31. The minimum Gasteiger partial charge on any atom is -0.266 e. The summed E-state index contributed by atoms with van der Waals surface area (Å²) in [7, 11) is 0. The van der Waals surface area contributed by atoms with Gasteiger partial charge in [-0.2, -0.15) is 5.26 Å². The van der Waals surface area contributed by atoms with Crippen LogP contribution in [0.3, 0.4) is 0 Å². The fraction of sp³-hybridized carbons (Fsp3) is 0.650. The van der Waals surface area contributed by atoms with Crippen LogP contribution < -0.4 is 0 Å². The van der Waals surface area contributed by atoms with Crippen LogP contribution in [0.5, 0.6) is 0 Å². The van der Waals surface area contributed by atoms with Crippen molar-refractivity contribution in [3.8, 4) is 6.07 Å². The lowest BCUT2D eigenvalue weighted by Crippen LogP contribution is -2.59. The molecular weight excluding hydrogens is 268 g/mol. The van der Waals surface area contributed by atoms with Gasteiger partial charge in [0.1, 0.15) is 5.54 Å². The van der Waals surface area contributed by atoms with Gasteiger partial charge in [-0.1, -0.05) is 52.0 Å². The average Bonchev–Trinajstić information content (AvgIpc) is 2.82. The van der Waals surface area contributed by atoms with Crippen molar-refractivity contribution in [3.05, 3.63) is 35.4 Å². The number of nitriles is 1. The van der Waals surface area contributed by atoms with Crippen molar-refractivity contribution in [1.82, 2.24) is 4.90 Å². The Morgan fingerprint density at radius 1 is 0.909 bits per heavy atom. The molecule has 1 aromatic rings. The SMILES string of the molecule is CCC1(CC)c2ccccc2C(CC)(CC)N1C(C)(C)C#N. The van der Waals surface area contributed by atoms with Gasteiger partial charge in [0.05, 0.1) is 6.07 Å². The third-order valence-electron chi connectivity index (χ3n) is 5.96. The van der Waals surface area contributed by atoms with E-state index in [0.717, 1.165) is 25.7 Å². The Bertz CT molecular complexity index is 533. The second-order valence-electron chi connectivity index (χ2n) is 7.03. The van der Waals surface area contributed by atoms with Gasteiger partial charge in [-0.25, -0.2) is 0 Å². The standard InChI is InChI=1S/C20H30N2/c1-7-19(8-2)16-13-11-12-14-17(16)20(9-3,10-4)22(19)18(5,6)15-21/h11-14H,7-10H2,1-6H3. The van der Waals surface area contributed by atoms with Gasteiger partial charge in [0.25, 0.3) is 0 Å². The van der Waals surface area contributed by atoms with E-state index in [4.69, 9.17) is 0 Å². The molecule has 0 bridgehead atoms. The van der Waals surface area contributed by atoms with Crippen molar-refractivity contribution in [3.63, 3.8) is 0 Å². The zero-order valence-electron chi connectivity index (χ0n) is 15.0. The van der Waals surface area contributed by atoms with E-state index in [1.165, 1.54) is 11.1 Å². The molecule has 0 amide bonds. The molecule has 0 unspecified atom stereocenters. The van der Waals surface area contributed by atoms with Crippen LogP contribution >= 0.6 is 0 Å². The number of fused-ring (bicyclic) bond motifs is 1. The van der Waals surface area contributed by atoms with E-state index in [2.05, 4.69) is 76.8 Å². The van der Waals surface area contributed by atoms with Gasteiger partial charge in [-0.05, 0) is 50.7 Å². The highest BCUT2D eigenvalue weighted by Gasteiger charge is 2.59. The molecule has 0 saturated heterocycles. The Morgan fingerprint density at radius 3 is 1.55 bits per heavy atom. The van der Waals surface area contributed by atoms with Crippen LogP contribution in [-0.4, -0.2) is 10.4 Å². The van der Waals surface area contributed by atoms with Gasteiger partial charge < -0.3 is 0 Å². The third kappa shape index (κ3) is 1.95. The first-order valence-corrected chi connectivity index (χ1v) is 8.71. The lowest BCUT2D eigenvalue weighted by Gasteiger charge is -2.52. The van der Waals surface area contributed by atoms with Gasteiger partial charge in [-0.15, -0.1) is 0 Å².